The number of nitrogen functional groups attached to an aromatic ring is 1. The Morgan fingerprint density at radius 2 is 1.95 bits per heavy atom. The van der Waals surface area contributed by atoms with Gasteiger partial charge in [0, 0.05) is 11.7 Å². The van der Waals surface area contributed by atoms with Crippen LogP contribution in [-0.2, 0) is 0 Å². The Hall–Kier alpha value is -2.30. The second kappa shape index (κ2) is 5.99. The molecule has 0 fully saturated rings. The van der Waals surface area contributed by atoms with Crippen LogP contribution in [0, 0.1) is 0 Å². The SMILES string of the molecule is CCC(C)(CC)NC(=O)c1ccn(-c2ccccc2N)n1. The largest absolute Gasteiger partial charge is 0.397 e. The molecule has 0 bridgehead atoms. The molecule has 2 rings (SSSR count). The Labute approximate surface area is 125 Å². The number of nitrogens with two attached hydrogens (primary N) is 1. The molecule has 0 aliphatic carbocycles. The van der Waals surface area contributed by atoms with E-state index in [4.69, 9.17) is 5.73 Å². The molecule has 1 aromatic heterocycles. The molecule has 1 amide bonds. The number of hydrogen-bond donors (Lipinski definition) is 2. The first-order valence-corrected chi connectivity index (χ1v) is 7.22. The molecule has 0 atom stereocenters. The zero-order valence-electron chi connectivity index (χ0n) is 12.8. The Morgan fingerprint density at radius 3 is 2.57 bits per heavy atom. The summed E-state index contributed by atoms with van der Waals surface area (Å²) in [6.07, 6.45) is 3.50. The van der Waals surface area contributed by atoms with Crippen molar-refractivity contribution in [2.45, 2.75) is 39.2 Å². The Morgan fingerprint density at radius 1 is 1.29 bits per heavy atom. The van der Waals surface area contributed by atoms with E-state index in [1.54, 1.807) is 16.9 Å². The van der Waals surface area contributed by atoms with Crippen LogP contribution in [0.3, 0.4) is 0 Å². The Bertz CT molecular complexity index is 629. The number of para-hydroxylation sites is 2. The number of nitrogens with zero attached hydrogens (tertiary/aromatic N) is 2. The van der Waals surface area contributed by atoms with Crippen LogP contribution in [0.25, 0.3) is 5.69 Å². The fraction of sp³-hybridized carbons (Fsp3) is 0.375. The summed E-state index contributed by atoms with van der Waals surface area (Å²) in [4.78, 5) is 12.3. The number of anilines is 1. The van der Waals surface area contributed by atoms with Crippen molar-refractivity contribution < 1.29 is 4.79 Å². The van der Waals surface area contributed by atoms with E-state index in [2.05, 4.69) is 24.3 Å². The van der Waals surface area contributed by atoms with Gasteiger partial charge >= 0.3 is 0 Å². The van der Waals surface area contributed by atoms with Crippen LogP contribution >= 0.6 is 0 Å². The quantitative estimate of drug-likeness (QED) is 0.830. The third kappa shape index (κ3) is 3.24. The normalized spacial score (nSPS) is 11.4. The van der Waals surface area contributed by atoms with Crippen molar-refractivity contribution in [3.05, 3.63) is 42.2 Å². The van der Waals surface area contributed by atoms with Gasteiger partial charge in [-0.3, -0.25) is 4.79 Å². The summed E-state index contributed by atoms with van der Waals surface area (Å²) < 4.78 is 1.62. The molecule has 3 N–H and O–H groups in total. The van der Waals surface area contributed by atoms with Crippen molar-refractivity contribution in [2.75, 3.05) is 5.73 Å². The van der Waals surface area contributed by atoms with Crippen LogP contribution < -0.4 is 11.1 Å². The predicted octanol–water partition coefficient (Wildman–Crippen LogP) is 2.76. The molecular formula is C16H22N4O. The van der Waals surface area contributed by atoms with E-state index in [9.17, 15) is 4.79 Å². The monoisotopic (exact) mass is 286 g/mol. The highest BCUT2D eigenvalue weighted by Crippen LogP contribution is 2.17. The van der Waals surface area contributed by atoms with Crippen molar-refractivity contribution in [3.63, 3.8) is 0 Å². The predicted molar refractivity (Wildman–Crippen MR) is 84.4 cm³/mol. The summed E-state index contributed by atoms with van der Waals surface area (Å²) in [5.74, 6) is -0.158. The minimum absolute atomic E-state index is 0.158. The average Bonchev–Trinajstić information content (AvgIpc) is 2.97. The smallest absolute Gasteiger partial charge is 0.272 e. The van der Waals surface area contributed by atoms with E-state index in [1.807, 2.05) is 31.2 Å². The highest BCUT2D eigenvalue weighted by Gasteiger charge is 2.23. The second-order valence-corrected chi connectivity index (χ2v) is 5.43. The molecule has 1 aromatic carbocycles. The first-order chi connectivity index (χ1) is 9.99. The van der Waals surface area contributed by atoms with Crippen LogP contribution in [-0.4, -0.2) is 21.2 Å². The van der Waals surface area contributed by atoms with Crippen molar-refractivity contribution in [2.24, 2.45) is 0 Å². The number of nitrogens with one attached hydrogen (secondary N) is 1. The number of amides is 1. The number of rotatable bonds is 5. The second-order valence-electron chi connectivity index (χ2n) is 5.43. The average molecular weight is 286 g/mol. The fourth-order valence-corrected chi connectivity index (χ4v) is 2.04. The molecular weight excluding hydrogens is 264 g/mol. The molecule has 5 heteroatoms. The molecule has 0 saturated carbocycles. The summed E-state index contributed by atoms with van der Waals surface area (Å²) >= 11 is 0. The van der Waals surface area contributed by atoms with Crippen LogP contribution in [0.2, 0.25) is 0 Å². The van der Waals surface area contributed by atoms with Gasteiger partial charge in [0.1, 0.15) is 0 Å². The minimum Gasteiger partial charge on any atom is -0.397 e. The van der Waals surface area contributed by atoms with E-state index >= 15 is 0 Å². The van der Waals surface area contributed by atoms with Gasteiger partial charge in [0.15, 0.2) is 5.69 Å². The molecule has 0 spiro atoms. The van der Waals surface area contributed by atoms with E-state index in [1.165, 1.54) is 0 Å². The number of carbonyl (C=O) groups excluding carboxylic acids is 1. The van der Waals surface area contributed by atoms with Gasteiger partial charge in [-0.15, -0.1) is 0 Å². The van der Waals surface area contributed by atoms with Gasteiger partial charge < -0.3 is 11.1 Å². The minimum atomic E-state index is -0.202. The van der Waals surface area contributed by atoms with E-state index in [0.29, 0.717) is 11.4 Å². The van der Waals surface area contributed by atoms with Gasteiger partial charge in [0.2, 0.25) is 0 Å². The first-order valence-electron chi connectivity index (χ1n) is 7.22. The number of benzene rings is 1. The maximum Gasteiger partial charge on any atom is 0.272 e. The topological polar surface area (TPSA) is 72.9 Å². The molecule has 0 unspecified atom stereocenters. The van der Waals surface area contributed by atoms with Gasteiger partial charge in [-0.25, -0.2) is 4.68 Å². The van der Waals surface area contributed by atoms with Crippen LogP contribution in [0.1, 0.15) is 44.1 Å². The summed E-state index contributed by atoms with van der Waals surface area (Å²) in [5, 5.41) is 7.36. The van der Waals surface area contributed by atoms with Crippen molar-refractivity contribution in [1.82, 2.24) is 15.1 Å². The molecule has 5 nitrogen and oxygen atoms in total. The maximum atomic E-state index is 12.3. The highest BCUT2D eigenvalue weighted by atomic mass is 16.2. The zero-order valence-corrected chi connectivity index (χ0v) is 12.8. The van der Waals surface area contributed by atoms with E-state index in [-0.39, 0.29) is 11.4 Å². The lowest BCUT2D eigenvalue weighted by atomic mass is 9.95. The molecule has 0 radical (unpaired) electrons. The van der Waals surface area contributed by atoms with Gasteiger partial charge in [0.05, 0.1) is 11.4 Å². The van der Waals surface area contributed by atoms with Gasteiger partial charge in [-0.1, -0.05) is 26.0 Å². The number of hydrogen-bond acceptors (Lipinski definition) is 3. The van der Waals surface area contributed by atoms with E-state index in [0.717, 1.165) is 18.5 Å². The molecule has 1 heterocycles. The molecule has 0 saturated heterocycles. The van der Waals surface area contributed by atoms with Crippen molar-refractivity contribution in [1.29, 1.82) is 0 Å². The molecule has 0 aliphatic rings. The zero-order chi connectivity index (χ0) is 15.5. The first kappa shape index (κ1) is 15.1. The maximum absolute atomic E-state index is 12.3. The lowest BCUT2D eigenvalue weighted by Gasteiger charge is -2.27. The Balaban J connectivity index is 2.21. The van der Waals surface area contributed by atoms with Gasteiger partial charge in [-0.05, 0) is 38.0 Å². The van der Waals surface area contributed by atoms with Crippen molar-refractivity contribution >= 4 is 11.6 Å². The van der Waals surface area contributed by atoms with Crippen LogP contribution in [0.15, 0.2) is 36.5 Å². The standard InChI is InChI=1S/C16H22N4O/c1-4-16(3,5-2)18-15(21)13-10-11-20(19-13)14-9-7-6-8-12(14)17/h6-11H,4-5,17H2,1-3H3,(H,18,21). The molecule has 112 valence electrons. The van der Waals surface area contributed by atoms with Gasteiger partial charge in [-0.2, -0.15) is 5.10 Å². The lowest BCUT2D eigenvalue weighted by molar-refractivity contribution is 0.0895. The molecule has 0 aliphatic heterocycles. The molecule has 2 aromatic rings. The third-order valence-electron chi connectivity index (χ3n) is 3.98. The molecule has 21 heavy (non-hydrogen) atoms. The number of carbonyl (C=O) groups is 1. The van der Waals surface area contributed by atoms with E-state index < -0.39 is 0 Å². The van der Waals surface area contributed by atoms with Crippen molar-refractivity contribution in [3.8, 4) is 5.69 Å². The summed E-state index contributed by atoms with van der Waals surface area (Å²) in [5.41, 5.74) is 7.51. The van der Waals surface area contributed by atoms with Gasteiger partial charge in [0.25, 0.3) is 5.91 Å². The summed E-state index contributed by atoms with van der Waals surface area (Å²) in [6.45, 7) is 6.16. The summed E-state index contributed by atoms with van der Waals surface area (Å²) in [6, 6.07) is 9.13. The summed E-state index contributed by atoms with van der Waals surface area (Å²) in [7, 11) is 0. The van der Waals surface area contributed by atoms with Crippen LogP contribution in [0.5, 0.6) is 0 Å². The van der Waals surface area contributed by atoms with Crippen LogP contribution in [0.4, 0.5) is 5.69 Å². The third-order valence-corrected chi connectivity index (χ3v) is 3.98. The Kier molecular flexibility index (Phi) is 4.31. The lowest BCUT2D eigenvalue weighted by Crippen LogP contribution is -2.45. The fourth-order valence-electron chi connectivity index (χ4n) is 2.04. The highest BCUT2D eigenvalue weighted by molar-refractivity contribution is 5.92. The number of aromatic nitrogens is 2.